The van der Waals surface area contributed by atoms with Crippen LogP contribution < -0.4 is 10.5 Å². The Balaban J connectivity index is 1.92. The molecule has 0 radical (unpaired) electrons. The van der Waals surface area contributed by atoms with Crippen molar-refractivity contribution in [2.24, 2.45) is 10.9 Å². The van der Waals surface area contributed by atoms with Gasteiger partial charge >= 0.3 is 0 Å². The van der Waals surface area contributed by atoms with Crippen LogP contribution >= 0.6 is 0 Å². The predicted molar refractivity (Wildman–Crippen MR) is 73.1 cm³/mol. The average molecular weight is 270 g/mol. The van der Waals surface area contributed by atoms with E-state index in [2.05, 4.69) is 21.4 Å². The fraction of sp³-hybridized carbons (Fsp3) is 0.214. The second-order valence-electron chi connectivity index (χ2n) is 4.62. The standard InChI is InChI=1S/C14H14N4O2/c15-13(18-19)12-6-7-16-17-14(12)20-11-5-4-9-2-1-3-10(9)8-11/h4-8,19H,1-3H2,(H2,15,18). The molecule has 0 saturated heterocycles. The van der Waals surface area contributed by atoms with Crippen LogP contribution in [0.3, 0.4) is 0 Å². The van der Waals surface area contributed by atoms with Gasteiger partial charge in [-0.05, 0) is 48.6 Å². The van der Waals surface area contributed by atoms with Crippen LogP contribution in [0.5, 0.6) is 11.6 Å². The van der Waals surface area contributed by atoms with Crippen LogP contribution in [0.15, 0.2) is 35.6 Å². The summed E-state index contributed by atoms with van der Waals surface area (Å²) in [6.45, 7) is 0. The Kier molecular flexibility index (Phi) is 3.20. The van der Waals surface area contributed by atoms with Crippen LogP contribution in [0.2, 0.25) is 0 Å². The summed E-state index contributed by atoms with van der Waals surface area (Å²) in [5.41, 5.74) is 8.67. The predicted octanol–water partition coefficient (Wildman–Crippen LogP) is 1.85. The molecular weight excluding hydrogens is 256 g/mol. The summed E-state index contributed by atoms with van der Waals surface area (Å²) in [7, 11) is 0. The molecule has 1 aromatic carbocycles. The van der Waals surface area contributed by atoms with Crippen LogP contribution in [-0.2, 0) is 12.8 Å². The molecule has 6 nitrogen and oxygen atoms in total. The number of hydrogen-bond acceptors (Lipinski definition) is 5. The number of nitrogens with zero attached hydrogens (tertiary/aromatic N) is 3. The van der Waals surface area contributed by atoms with Gasteiger partial charge in [-0.15, -0.1) is 5.10 Å². The van der Waals surface area contributed by atoms with Gasteiger partial charge in [0.1, 0.15) is 5.75 Å². The van der Waals surface area contributed by atoms with Gasteiger partial charge in [-0.1, -0.05) is 11.2 Å². The number of rotatable bonds is 3. The Morgan fingerprint density at radius 3 is 2.95 bits per heavy atom. The molecule has 1 aliphatic carbocycles. The minimum absolute atomic E-state index is 0.0592. The molecule has 3 N–H and O–H groups in total. The van der Waals surface area contributed by atoms with Crippen LogP contribution in [0.4, 0.5) is 0 Å². The van der Waals surface area contributed by atoms with E-state index in [1.54, 1.807) is 6.07 Å². The fourth-order valence-corrected chi connectivity index (χ4v) is 2.37. The summed E-state index contributed by atoms with van der Waals surface area (Å²) in [4.78, 5) is 0. The summed E-state index contributed by atoms with van der Waals surface area (Å²) in [6.07, 6.45) is 4.83. The van der Waals surface area contributed by atoms with Gasteiger partial charge in [-0.2, -0.15) is 5.10 Å². The quantitative estimate of drug-likeness (QED) is 0.384. The molecule has 102 valence electrons. The number of aromatic nitrogens is 2. The average Bonchev–Trinajstić information content (AvgIpc) is 2.94. The number of aryl methyl sites for hydroxylation is 2. The number of hydrogen-bond donors (Lipinski definition) is 2. The maximum absolute atomic E-state index is 8.76. The molecule has 2 aromatic rings. The van der Waals surface area contributed by atoms with Gasteiger partial charge in [-0.25, -0.2) is 0 Å². The van der Waals surface area contributed by atoms with Crippen molar-refractivity contribution in [1.29, 1.82) is 0 Å². The van der Waals surface area contributed by atoms with Crippen molar-refractivity contribution in [2.45, 2.75) is 19.3 Å². The highest BCUT2D eigenvalue weighted by atomic mass is 16.5. The van der Waals surface area contributed by atoms with Gasteiger partial charge in [-0.3, -0.25) is 0 Å². The van der Waals surface area contributed by atoms with E-state index < -0.39 is 0 Å². The minimum Gasteiger partial charge on any atom is -0.437 e. The molecule has 0 unspecified atom stereocenters. The first-order chi connectivity index (χ1) is 9.78. The van der Waals surface area contributed by atoms with E-state index in [1.807, 2.05) is 12.1 Å². The Morgan fingerprint density at radius 1 is 1.25 bits per heavy atom. The van der Waals surface area contributed by atoms with Crippen LogP contribution in [0.1, 0.15) is 23.1 Å². The topological polar surface area (TPSA) is 93.6 Å². The maximum atomic E-state index is 8.76. The van der Waals surface area contributed by atoms with Gasteiger partial charge in [0.2, 0.25) is 5.88 Å². The zero-order valence-electron chi connectivity index (χ0n) is 10.8. The first-order valence-electron chi connectivity index (χ1n) is 6.37. The summed E-state index contributed by atoms with van der Waals surface area (Å²) >= 11 is 0. The smallest absolute Gasteiger partial charge is 0.250 e. The van der Waals surface area contributed by atoms with Crippen molar-refractivity contribution in [3.63, 3.8) is 0 Å². The highest BCUT2D eigenvalue weighted by molar-refractivity contribution is 5.98. The zero-order valence-corrected chi connectivity index (χ0v) is 10.8. The van der Waals surface area contributed by atoms with Crippen molar-refractivity contribution >= 4 is 5.84 Å². The van der Waals surface area contributed by atoms with Crippen molar-refractivity contribution < 1.29 is 9.94 Å². The molecule has 0 aliphatic heterocycles. The molecule has 0 bridgehead atoms. The number of fused-ring (bicyclic) bond motifs is 1. The molecule has 0 saturated carbocycles. The Bertz CT molecular complexity index is 670. The summed E-state index contributed by atoms with van der Waals surface area (Å²) in [5.74, 6) is 0.843. The van der Waals surface area contributed by atoms with Crippen LogP contribution in [0, 0.1) is 0 Å². The van der Waals surface area contributed by atoms with Gasteiger partial charge in [0.15, 0.2) is 5.84 Å². The summed E-state index contributed by atoms with van der Waals surface area (Å²) in [6, 6.07) is 7.56. The first-order valence-corrected chi connectivity index (χ1v) is 6.37. The Labute approximate surface area is 115 Å². The van der Waals surface area contributed by atoms with E-state index >= 15 is 0 Å². The molecule has 0 spiro atoms. The zero-order chi connectivity index (χ0) is 13.9. The lowest BCUT2D eigenvalue weighted by Crippen LogP contribution is -2.15. The lowest BCUT2D eigenvalue weighted by Gasteiger charge is -2.09. The molecule has 20 heavy (non-hydrogen) atoms. The van der Waals surface area contributed by atoms with Gasteiger partial charge in [0.25, 0.3) is 0 Å². The first kappa shape index (κ1) is 12.4. The summed E-state index contributed by atoms with van der Waals surface area (Å²) in [5, 5.41) is 19.4. The van der Waals surface area contributed by atoms with Crippen molar-refractivity contribution in [2.75, 3.05) is 0 Å². The third-order valence-electron chi connectivity index (χ3n) is 3.36. The molecule has 6 heteroatoms. The van der Waals surface area contributed by atoms with E-state index in [0.29, 0.717) is 11.3 Å². The van der Waals surface area contributed by atoms with Crippen molar-refractivity contribution in [1.82, 2.24) is 10.2 Å². The number of ether oxygens (including phenoxy) is 1. The number of nitrogens with two attached hydrogens (primary N) is 1. The Morgan fingerprint density at radius 2 is 2.10 bits per heavy atom. The molecule has 3 rings (SSSR count). The molecular formula is C14H14N4O2. The highest BCUT2D eigenvalue weighted by Crippen LogP contribution is 2.29. The molecule has 0 atom stereocenters. The molecule has 0 fully saturated rings. The summed E-state index contributed by atoms with van der Waals surface area (Å²) < 4.78 is 5.71. The monoisotopic (exact) mass is 270 g/mol. The fourth-order valence-electron chi connectivity index (χ4n) is 2.37. The largest absolute Gasteiger partial charge is 0.437 e. The maximum Gasteiger partial charge on any atom is 0.250 e. The molecule has 0 amide bonds. The molecule has 1 heterocycles. The third kappa shape index (κ3) is 2.27. The van der Waals surface area contributed by atoms with Crippen molar-refractivity contribution in [3.05, 3.63) is 47.2 Å². The van der Waals surface area contributed by atoms with Gasteiger partial charge in [0.05, 0.1) is 11.8 Å². The number of benzene rings is 1. The van der Waals surface area contributed by atoms with Crippen LogP contribution in [0.25, 0.3) is 0 Å². The third-order valence-corrected chi connectivity index (χ3v) is 3.36. The minimum atomic E-state index is -0.0592. The number of oxime groups is 1. The number of amidine groups is 1. The van der Waals surface area contributed by atoms with Gasteiger partial charge in [0, 0.05) is 0 Å². The lowest BCUT2D eigenvalue weighted by molar-refractivity contribution is 0.318. The van der Waals surface area contributed by atoms with E-state index in [0.717, 1.165) is 12.8 Å². The van der Waals surface area contributed by atoms with E-state index in [-0.39, 0.29) is 11.7 Å². The van der Waals surface area contributed by atoms with E-state index in [4.69, 9.17) is 15.7 Å². The highest BCUT2D eigenvalue weighted by Gasteiger charge is 2.14. The van der Waals surface area contributed by atoms with E-state index in [1.165, 1.54) is 23.7 Å². The second kappa shape index (κ2) is 5.16. The Hall–Kier alpha value is -2.63. The van der Waals surface area contributed by atoms with Gasteiger partial charge < -0.3 is 15.7 Å². The SMILES string of the molecule is N/C(=N/O)c1ccnnc1Oc1ccc2c(c1)CCC2. The lowest BCUT2D eigenvalue weighted by atomic mass is 10.1. The van der Waals surface area contributed by atoms with Crippen LogP contribution in [-0.4, -0.2) is 21.2 Å². The van der Waals surface area contributed by atoms with E-state index in [9.17, 15) is 0 Å². The molecule has 1 aliphatic rings. The molecule has 1 aromatic heterocycles. The normalized spacial score (nSPS) is 14.1. The second-order valence-corrected chi connectivity index (χ2v) is 4.62. The van der Waals surface area contributed by atoms with Crippen molar-refractivity contribution in [3.8, 4) is 11.6 Å².